The molecule has 3 aliphatic rings. The highest BCUT2D eigenvalue weighted by molar-refractivity contribution is 6.01. The third kappa shape index (κ3) is 4.05. The van der Waals surface area contributed by atoms with Gasteiger partial charge in [0.15, 0.2) is 5.82 Å². The van der Waals surface area contributed by atoms with Crippen LogP contribution in [0.3, 0.4) is 0 Å². The van der Waals surface area contributed by atoms with E-state index in [0.717, 1.165) is 64.1 Å². The lowest BCUT2D eigenvalue weighted by Crippen LogP contribution is -2.41. The van der Waals surface area contributed by atoms with E-state index in [2.05, 4.69) is 26.3 Å². The fraction of sp³-hybridized carbons (Fsp3) is 0.333. The first kappa shape index (κ1) is 27.4. The molecule has 232 valence electrons. The van der Waals surface area contributed by atoms with Crippen molar-refractivity contribution in [3.63, 3.8) is 0 Å². The summed E-state index contributed by atoms with van der Waals surface area (Å²) < 4.78 is 10.2. The Kier molecular flexibility index (Phi) is 5.96. The van der Waals surface area contributed by atoms with Gasteiger partial charge in [0.25, 0.3) is 11.5 Å². The summed E-state index contributed by atoms with van der Waals surface area (Å²) in [4.78, 5) is 41.3. The van der Waals surface area contributed by atoms with Crippen LogP contribution >= 0.6 is 0 Å². The third-order valence-corrected chi connectivity index (χ3v) is 10.5. The second-order valence-corrected chi connectivity index (χ2v) is 13.2. The first-order valence-corrected chi connectivity index (χ1v) is 16.1. The fourth-order valence-corrected chi connectivity index (χ4v) is 7.92. The maximum absolute atomic E-state index is 13.8. The molecule has 3 atom stereocenters. The molecule has 1 aliphatic heterocycles. The minimum atomic E-state index is -0.113. The number of amides is 1. The molecule has 3 fully saturated rings. The zero-order valence-electron chi connectivity index (χ0n) is 25.9. The fourth-order valence-electron chi connectivity index (χ4n) is 7.92. The van der Waals surface area contributed by atoms with Gasteiger partial charge in [0.2, 0.25) is 0 Å². The van der Waals surface area contributed by atoms with Crippen LogP contribution in [0.15, 0.2) is 65.6 Å². The number of hydrogen-bond acceptors (Lipinski definition) is 6. The number of fused-ring (bicyclic) bond motifs is 5. The lowest BCUT2D eigenvalue weighted by atomic mass is 10.0. The van der Waals surface area contributed by atoms with E-state index in [-0.39, 0.29) is 23.6 Å². The average Bonchev–Trinajstić information content (AvgIpc) is 3.48. The van der Waals surface area contributed by atoms with Gasteiger partial charge in [0, 0.05) is 60.3 Å². The molecule has 0 radical (unpaired) electrons. The highest BCUT2D eigenvalue weighted by atomic mass is 16.5. The van der Waals surface area contributed by atoms with Gasteiger partial charge in [-0.1, -0.05) is 12.1 Å². The van der Waals surface area contributed by atoms with Crippen LogP contribution in [0.25, 0.3) is 55.6 Å². The minimum absolute atomic E-state index is 0.00921. The van der Waals surface area contributed by atoms with Gasteiger partial charge in [-0.3, -0.25) is 9.59 Å². The van der Waals surface area contributed by atoms with Crippen LogP contribution in [0.2, 0.25) is 0 Å². The van der Waals surface area contributed by atoms with Crippen molar-refractivity contribution in [2.75, 3.05) is 13.7 Å². The van der Waals surface area contributed by atoms with E-state index in [0.29, 0.717) is 40.6 Å². The summed E-state index contributed by atoms with van der Waals surface area (Å²) in [6.07, 6.45) is 6.12. The van der Waals surface area contributed by atoms with Crippen LogP contribution in [0.1, 0.15) is 36.0 Å². The number of nitrogens with two attached hydrogens (primary N) is 1. The monoisotopic (exact) mass is 613 g/mol. The number of nitrogens with one attached hydrogen (secondary N) is 1. The number of aryl methyl sites for hydroxylation is 1. The Bertz CT molecular complexity index is 2280. The number of aromatic nitrogens is 5. The number of benzene rings is 2. The molecule has 46 heavy (non-hydrogen) atoms. The normalized spacial score (nSPS) is 20.8. The van der Waals surface area contributed by atoms with Crippen LogP contribution in [-0.2, 0) is 13.6 Å². The van der Waals surface area contributed by atoms with Crippen LogP contribution in [0, 0.1) is 11.8 Å². The van der Waals surface area contributed by atoms with Gasteiger partial charge in [-0.2, -0.15) is 0 Å². The molecule has 5 heterocycles. The Balaban J connectivity index is 1.18. The summed E-state index contributed by atoms with van der Waals surface area (Å²) in [7, 11) is 3.64. The Morgan fingerprint density at radius 3 is 2.67 bits per heavy atom. The average molecular weight is 614 g/mol. The van der Waals surface area contributed by atoms with Gasteiger partial charge in [0.1, 0.15) is 16.9 Å². The SMILES string of the molecule is COc1cc(C(=O)N2CC3CCC2C3N)cc2nc(-c3cc4ccc(-c5cccc6c(=O)[nH]ccc56)nc4n3CC3CC3)n(C)c12. The molecule has 2 aromatic carbocycles. The maximum atomic E-state index is 13.8. The van der Waals surface area contributed by atoms with E-state index in [1.54, 1.807) is 13.3 Å². The number of imidazole rings is 1. The molecule has 10 nitrogen and oxygen atoms in total. The van der Waals surface area contributed by atoms with Gasteiger partial charge in [-0.25, -0.2) is 9.97 Å². The lowest BCUT2D eigenvalue weighted by molar-refractivity contribution is 0.0700. The highest BCUT2D eigenvalue weighted by Crippen LogP contribution is 2.40. The minimum Gasteiger partial charge on any atom is -0.494 e. The molecule has 1 saturated heterocycles. The predicted molar refractivity (Wildman–Crippen MR) is 178 cm³/mol. The molecule has 2 saturated carbocycles. The zero-order chi connectivity index (χ0) is 31.3. The number of hydrogen-bond donors (Lipinski definition) is 2. The second kappa shape index (κ2) is 10.0. The van der Waals surface area contributed by atoms with Gasteiger partial charge >= 0.3 is 0 Å². The molecule has 1 amide bonds. The summed E-state index contributed by atoms with van der Waals surface area (Å²) in [5.74, 6) is 2.37. The van der Waals surface area contributed by atoms with Crippen molar-refractivity contribution in [1.82, 2.24) is 29.0 Å². The van der Waals surface area contributed by atoms with Crippen molar-refractivity contribution in [2.45, 2.75) is 44.3 Å². The van der Waals surface area contributed by atoms with Crippen LogP contribution in [0.4, 0.5) is 0 Å². The largest absolute Gasteiger partial charge is 0.494 e. The van der Waals surface area contributed by atoms with E-state index >= 15 is 0 Å². The smallest absolute Gasteiger partial charge is 0.255 e. The van der Waals surface area contributed by atoms with Crippen molar-refractivity contribution < 1.29 is 9.53 Å². The number of likely N-dealkylation sites (tertiary alicyclic amines) is 1. The van der Waals surface area contributed by atoms with Crippen molar-refractivity contribution in [1.29, 1.82) is 0 Å². The summed E-state index contributed by atoms with van der Waals surface area (Å²) in [6, 6.07) is 17.9. The summed E-state index contributed by atoms with van der Waals surface area (Å²) in [5.41, 5.74) is 12.0. The standard InChI is InChI=1S/C36H35N7O3/c1-41-32-27(14-22(16-30(32)46-2)36(45)43-18-21-9-11-28(43)31(21)37)40-34(41)29-15-20-8-10-26(39-33(20)42(29)17-19-6-7-19)24-4-3-5-25-23(24)12-13-38-35(25)44/h3-5,8,10,12-16,19,21,28,31H,6-7,9,11,17-18,37H2,1-2H3,(H,38,44). The predicted octanol–water partition coefficient (Wildman–Crippen LogP) is 5.08. The third-order valence-electron chi connectivity index (χ3n) is 10.5. The van der Waals surface area contributed by atoms with Gasteiger partial charge in [-0.05, 0) is 85.4 Å². The van der Waals surface area contributed by atoms with Crippen LogP contribution in [0.5, 0.6) is 5.75 Å². The Morgan fingerprint density at radius 1 is 1.04 bits per heavy atom. The number of H-pyrrole nitrogens is 1. The molecule has 6 aromatic rings. The molecular formula is C36H35N7O3. The summed E-state index contributed by atoms with van der Waals surface area (Å²) >= 11 is 0. The van der Waals surface area contributed by atoms with Crippen molar-refractivity contribution in [3.8, 4) is 28.5 Å². The first-order chi connectivity index (χ1) is 22.4. The van der Waals surface area contributed by atoms with Gasteiger partial charge in [0.05, 0.1) is 24.0 Å². The van der Waals surface area contributed by atoms with Crippen molar-refractivity contribution in [3.05, 3.63) is 76.7 Å². The van der Waals surface area contributed by atoms with Crippen molar-refractivity contribution in [2.24, 2.45) is 24.6 Å². The molecule has 3 N–H and O–H groups in total. The number of methoxy groups -OCH3 is 1. The quantitative estimate of drug-likeness (QED) is 0.270. The molecule has 9 rings (SSSR count). The van der Waals surface area contributed by atoms with E-state index in [1.807, 2.05) is 54.4 Å². The number of aromatic amines is 1. The number of ether oxygens (including phenoxy) is 1. The molecule has 2 aliphatic carbocycles. The Hall–Kier alpha value is -4.96. The maximum Gasteiger partial charge on any atom is 0.255 e. The summed E-state index contributed by atoms with van der Waals surface area (Å²) in [6.45, 7) is 1.55. The zero-order valence-corrected chi connectivity index (χ0v) is 25.9. The Labute approximate surface area is 264 Å². The molecule has 0 spiro atoms. The van der Waals surface area contributed by atoms with Crippen LogP contribution in [-0.4, -0.2) is 60.6 Å². The first-order valence-electron chi connectivity index (χ1n) is 16.1. The molecule has 10 heteroatoms. The Morgan fingerprint density at radius 2 is 1.91 bits per heavy atom. The topological polar surface area (TPSA) is 124 Å². The highest BCUT2D eigenvalue weighted by Gasteiger charge is 2.47. The molecule has 2 bridgehead atoms. The molecular weight excluding hydrogens is 578 g/mol. The van der Waals surface area contributed by atoms with E-state index in [4.69, 9.17) is 20.4 Å². The molecule has 4 aromatic heterocycles. The number of nitrogens with zero attached hydrogens (tertiary/aromatic N) is 5. The van der Waals surface area contributed by atoms with E-state index < -0.39 is 0 Å². The number of pyridine rings is 2. The second-order valence-electron chi connectivity index (χ2n) is 13.2. The number of carbonyl (C=O) groups excluding carboxylic acids is 1. The summed E-state index contributed by atoms with van der Waals surface area (Å²) in [5, 5.41) is 2.53. The number of piperidine rings is 1. The molecule has 3 unspecified atom stereocenters. The van der Waals surface area contributed by atoms with Gasteiger partial charge < -0.3 is 29.5 Å². The van der Waals surface area contributed by atoms with E-state index in [1.165, 1.54) is 12.8 Å². The van der Waals surface area contributed by atoms with Crippen LogP contribution < -0.4 is 16.0 Å². The van der Waals surface area contributed by atoms with Crippen molar-refractivity contribution >= 4 is 38.7 Å². The van der Waals surface area contributed by atoms with E-state index in [9.17, 15) is 9.59 Å². The lowest BCUT2D eigenvalue weighted by Gasteiger charge is -2.27. The number of carbonyl (C=O) groups is 1. The van der Waals surface area contributed by atoms with Gasteiger partial charge in [-0.15, -0.1) is 0 Å². The number of rotatable bonds is 6.